The SMILES string of the molecule is C=CCOc1c(O)c2ccc(O)cc2[nH]c1=O. The Kier molecular flexibility index (Phi) is 2.74. The predicted molar refractivity (Wildman–Crippen MR) is 63.6 cm³/mol. The quantitative estimate of drug-likeness (QED) is 0.701. The van der Waals surface area contributed by atoms with Crippen molar-refractivity contribution < 1.29 is 14.9 Å². The average molecular weight is 233 g/mol. The van der Waals surface area contributed by atoms with Gasteiger partial charge < -0.3 is 19.9 Å². The molecule has 0 bridgehead atoms. The molecule has 1 aromatic carbocycles. The van der Waals surface area contributed by atoms with Crippen molar-refractivity contribution in [1.29, 1.82) is 0 Å². The van der Waals surface area contributed by atoms with Gasteiger partial charge in [0.2, 0.25) is 5.75 Å². The van der Waals surface area contributed by atoms with Crippen LogP contribution >= 0.6 is 0 Å². The van der Waals surface area contributed by atoms with Gasteiger partial charge in [0.15, 0.2) is 5.75 Å². The Morgan fingerprint density at radius 2 is 2.18 bits per heavy atom. The van der Waals surface area contributed by atoms with E-state index in [4.69, 9.17) is 4.74 Å². The maximum Gasteiger partial charge on any atom is 0.294 e. The molecule has 2 aromatic rings. The van der Waals surface area contributed by atoms with Gasteiger partial charge in [-0.25, -0.2) is 0 Å². The van der Waals surface area contributed by atoms with Crippen molar-refractivity contribution in [2.75, 3.05) is 6.61 Å². The molecule has 0 aliphatic heterocycles. The van der Waals surface area contributed by atoms with Crippen LogP contribution in [0.15, 0.2) is 35.6 Å². The number of H-pyrrole nitrogens is 1. The molecule has 0 fully saturated rings. The van der Waals surface area contributed by atoms with Crippen LogP contribution in [0.4, 0.5) is 0 Å². The van der Waals surface area contributed by atoms with E-state index in [0.717, 1.165) is 0 Å². The number of hydrogen-bond donors (Lipinski definition) is 3. The summed E-state index contributed by atoms with van der Waals surface area (Å²) in [6.07, 6.45) is 1.47. The van der Waals surface area contributed by atoms with Crippen LogP contribution in [0.1, 0.15) is 0 Å². The number of pyridine rings is 1. The van der Waals surface area contributed by atoms with Gasteiger partial charge in [0, 0.05) is 11.5 Å². The highest BCUT2D eigenvalue weighted by Gasteiger charge is 2.12. The van der Waals surface area contributed by atoms with E-state index in [2.05, 4.69) is 11.6 Å². The van der Waals surface area contributed by atoms with Gasteiger partial charge in [-0.15, -0.1) is 0 Å². The van der Waals surface area contributed by atoms with E-state index in [0.29, 0.717) is 10.9 Å². The second-order valence-corrected chi connectivity index (χ2v) is 3.46. The minimum absolute atomic E-state index is 0.00677. The summed E-state index contributed by atoms with van der Waals surface area (Å²) in [5.74, 6) is -0.388. The number of fused-ring (bicyclic) bond motifs is 1. The molecule has 0 aliphatic rings. The third-order valence-electron chi connectivity index (χ3n) is 2.27. The minimum Gasteiger partial charge on any atom is -0.508 e. The van der Waals surface area contributed by atoms with Gasteiger partial charge in [-0.1, -0.05) is 12.7 Å². The second-order valence-electron chi connectivity index (χ2n) is 3.46. The Balaban J connectivity index is 2.67. The number of nitrogens with one attached hydrogen (secondary N) is 1. The number of ether oxygens (including phenoxy) is 1. The van der Waals surface area contributed by atoms with E-state index < -0.39 is 5.56 Å². The van der Waals surface area contributed by atoms with Gasteiger partial charge in [0.25, 0.3) is 5.56 Å². The molecule has 5 heteroatoms. The number of hydrogen-bond acceptors (Lipinski definition) is 4. The fourth-order valence-corrected chi connectivity index (χ4v) is 1.53. The maximum absolute atomic E-state index is 11.6. The van der Waals surface area contributed by atoms with Crippen LogP contribution in [-0.4, -0.2) is 21.8 Å². The Hall–Kier alpha value is -2.43. The third kappa shape index (κ3) is 1.94. The topological polar surface area (TPSA) is 82.5 Å². The van der Waals surface area contributed by atoms with E-state index in [1.807, 2.05) is 0 Å². The van der Waals surface area contributed by atoms with Crippen molar-refractivity contribution in [2.24, 2.45) is 0 Å². The van der Waals surface area contributed by atoms with Crippen LogP contribution < -0.4 is 10.3 Å². The van der Waals surface area contributed by atoms with Crippen molar-refractivity contribution in [3.63, 3.8) is 0 Å². The van der Waals surface area contributed by atoms with Gasteiger partial charge in [-0.3, -0.25) is 4.79 Å². The Labute approximate surface area is 96.6 Å². The predicted octanol–water partition coefficient (Wildman–Crippen LogP) is 1.50. The lowest BCUT2D eigenvalue weighted by Crippen LogP contribution is -2.11. The van der Waals surface area contributed by atoms with Crippen LogP contribution in [-0.2, 0) is 0 Å². The third-order valence-corrected chi connectivity index (χ3v) is 2.27. The summed E-state index contributed by atoms with van der Waals surface area (Å²) in [4.78, 5) is 14.1. The van der Waals surface area contributed by atoms with Crippen molar-refractivity contribution in [3.8, 4) is 17.2 Å². The number of aromatic nitrogens is 1. The summed E-state index contributed by atoms with van der Waals surface area (Å²) >= 11 is 0. The first-order valence-electron chi connectivity index (χ1n) is 4.95. The number of aromatic amines is 1. The smallest absolute Gasteiger partial charge is 0.294 e. The zero-order chi connectivity index (χ0) is 12.4. The zero-order valence-corrected chi connectivity index (χ0v) is 8.93. The first-order chi connectivity index (χ1) is 8.13. The fraction of sp³-hybridized carbons (Fsp3) is 0.0833. The molecule has 2 rings (SSSR count). The summed E-state index contributed by atoms with van der Waals surface area (Å²) in [5, 5.41) is 19.6. The summed E-state index contributed by atoms with van der Waals surface area (Å²) < 4.78 is 5.08. The monoisotopic (exact) mass is 233 g/mol. The number of phenols is 1. The highest BCUT2D eigenvalue weighted by atomic mass is 16.5. The summed E-state index contributed by atoms with van der Waals surface area (Å²) in [5.41, 5.74) is -0.207. The molecule has 0 amide bonds. The van der Waals surface area contributed by atoms with Crippen molar-refractivity contribution in [2.45, 2.75) is 0 Å². The van der Waals surface area contributed by atoms with Gasteiger partial charge >= 0.3 is 0 Å². The van der Waals surface area contributed by atoms with E-state index in [1.54, 1.807) is 0 Å². The fourth-order valence-electron chi connectivity index (χ4n) is 1.53. The molecule has 17 heavy (non-hydrogen) atoms. The molecule has 1 aromatic heterocycles. The highest BCUT2D eigenvalue weighted by Crippen LogP contribution is 2.31. The number of rotatable bonds is 3. The summed E-state index contributed by atoms with van der Waals surface area (Å²) in [6.45, 7) is 3.58. The summed E-state index contributed by atoms with van der Waals surface area (Å²) in [7, 11) is 0. The second kappa shape index (κ2) is 4.21. The molecule has 0 atom stereocenters. The molecule has 0 spiro atoms. The minimum atomic E-state index is -0.553. The molecule has 88 valence electrons. The van der Waals surface area contributed by atoms with Crippen LogP contribution in [0.5, 0.6) is 17.2 Å². The normalized spacial score (nSPS) is 10.4. The van der Waals surface area contributed by atoms with Crippen LogP contribution in [0.25, 0.3) is 10.9 Å². The standard InChI is InChI=1S/C12H11NO4/c1-2-5-17-11-10(15)8-4-3-7(14)6-9(8)13-12(11)16/h2-4,6,14H,1,5H2,(H2,13,15,16). The molecule has 3 N–H and O–H groups in total. The molecule has 0 saturated carbocycles. The molecule has 1 heterocycles. The molecule has 0 unspecified atom stereocenters. The molecular weight excluding hydrogens is 222 g/mol. The Morgan fingerprint density at radius 1 is 1.41 bits per heavy atom. The van der Waals surface area contributed by atoms with Crippen LogP contribution in [0.2, 0.25) is 0 Å². The first kappa shape index (κ1) is 11.1. The van der Waals surface area contributed by atoms with Crippen molar-refractivity contribution in [1.82, 2.24) is 4.98 Å². The maximum atomic E-state index is 11.6. The van der Waals surface area contributed by atoms with E-state index in [1.165, 1.54) is 24.3 Å². The lowest BCUT2D eigenvalue weighted by Gasteiger charge is -2.07. The molecule has 5 nitrogen and oxygen atoms in total. The molecule has 0 aliphatic carbocycles. The van der Waals surface area contributed by atoms with Gasteiger partial charge in [-0.2, -0.15) is 0 Å². The number of aromatic hydroxyl groups is 2. The van der Waals surface area contributed by atoms with Gasteiger partial charge in [-0.05, 0) is 12.1 Å². The zero-order valence-electron chi connectivity index (χ0n) is 8.93. The lowest BCUT2D eigenvalue weighted by molar-refractivity contribution is 0.333. The lowest BCUT2D eigenvalue weighted by atomic mass is 10.2. The summed E-state index contributed by atoms with van der Waals surface area (Å²) in [6, 6.07) is 4.27. The van der Waals surface area contributed by atoms with E-state index in [-0.39, 0.29) is 23.9 Å². The van der Waals surface area contributed by atoms with E-state index >= 15 is 0 Å². The van der Waals surface area contributed by atoms with Crippen molar-refractivity contribution in [3.05, 3.63) is 41.2 Å². The van der Waals surface area contributed by atoms with Crippen LogP contribution in [0.3, 0.4) is 0 Å². The molecule has 0 saturated heterocycles. The Morgan fingerprint density at radius 3 is 2.88 bits per heavy atom. The Bertz CT molecular complexity index is 630. The highest BCUT2D eigenvalue weighted by molar-refractivity contribution is 5.87. The van der Waals surface area contributed by atoms with Gasteiger partial charge in [0.05, 0.1) is 5.52 Å². The first-order valence-corrected chi connectivity index (χ1v) is 4.95. The average Bonchev–Trinajstić information content (AvgIpc) is 2.28. The van der Waals surface area contributed by atoms with E-state index in [9.17, 15) is 15.0 Å². The number of benzene rings is 1. The molecule has 0 radical (unpaired) electrons. The van der Waals surface area contributed by atoms with Crippen molar-refractivity contribution >= 4 is 10.9 Å². The molecular formula is C12H11NO4. The largest absolute Gasteiger partial charge is 0.508 e. The number of phenolic OH excluding ortho intramolecular Hbond substituents is 1. The van der Waals surface area contributed by atoms with Gasteiger partial charge in [0.1, 0.15) is 12.4 Å². The van der Waals surface area contributed by atoms with Crippen LogP contribution in [0, 0.1) is 0 Å².